The van der Waals surface area contributed by atoms with Crippen LogP contribution >= 0.6 is 0 Å². The molecule has 2 amide bonds. The molecule has 1 aliphatic rings. The van der Waals surface area contributed by atoms with Crippen LogP contribution in [0.3, 0.4) is 0 Å². The Balaban J connectivity index is 2.09. The first kappa shape index (κ1) is 27.0. The van der Waals surface area contributed by atoms with Gasteiger partial charge in [0.1, 0.15) is 11.9 Å². The number of aromatic nitrogens is 1. The van der Waals surface area contributed by atoms with E-state index in [0.717, 1.165) is 0 Å². The van der Waals surface area contributed by atoms with E-state index in [-0.39, 0.29) is 36.6 Å². The number of benzene rings is 1. The summed E-state index contributed by atoms with van der Waals surface area (Å²) < 4.78 is 28.6. The number of rotatable bonds is 11. The van der Waals surface area contributed by atoms with Crippen LogP contribution in [0.5, 0.6) is 0 Å². The van der Waals surface area contributed by atoms with E-state index in [1.165, 1.54) is 0 Å². The predicted octanol–water partition coefficient (Wildman–Crippen LogP) is 0.983. The van der Waals surface area contributed by atoms with Crippen LogP contribution in [0, 0.1) is 6.92 Å². The summed E-state index contributed by atoms with van der Waals surface area (Å²) in [6.45, 7) is 9.93. The third kappa shape index (κ3) is 6.13. The molecule has 2 aromatic rings. The quantitative estimate of drug-likeness (QED) is 0.326. The molecule has 1 aromatic carbocycles. The van der Waals surface area contributed by atoms with Crippen LogP contribution in [0.1, 0.15) is 36.8 Å². The first-order chi connectivity index (χ1) is 17.1. The standard InChI is InChI=1S/C24H32N6O5S/c1-5-26-21(32)12-29-17(3)18(4)30(14-25-15-31)24(29)20-11-16(2)27-23(33)22(20)28-36(34,35)13-19-9-7-6-8-10-19/h6-11,15,17,24,28H,4-5,12-14H2,1-3H3,(H,25,31)(H,26,32)(H,27,33). The fourth-order valence-electron chi connectivity index (χ4n) is 4.30. The molecule has 0 bridgehead atoms. The Kier molecular flexibility index (Phi) is 8.53. The number of carbonyl (C=O) groups excluding carboxylic acids is 2. The Labute approximate surface area is 210 Å². The van der Waals surface area contributed by atoms with Crippen molar-refractivity contribution in [1.82, 2.24) is 25.4 Å². The largest absolute Gasteiger partial charge is 0.355 e. The Hall–Kier alpha value is -3.64. The highest BCUT2D eigenvalue weighted by atomic mass is 32.2. The Morgan fingerprint density at radius 2 is 1.94 bits per heavy atom. The van der Waals surface area contributed by atoms with Crippen molar-refractivity contribution in [3.8, 4) is 0 Å². The van der Waals surface area contributed by atoms with Gasteiger partial charge < -0.3 is 20.5 Å². The molecule has 36 heavy (non-hydrogen) atoms. The molecule has 2 heterocycles. The van der Waals surface area contributed by atoms with E-state index in [1.807, 2.05) is 18.7 Å². The van der Waals surface area contributed by atoms with Gasteiger partial charge in [-0.15, -0.1) is 0 Å². The number of nitrogens with zero attached hydrogens (tertiary/aromatic N) is 2. The van der Waals surface area contributed by atoms with Crippen LogP contribution in [0.15, 0.2) is 53.5 Å². The first-order valence-corrected chi connectivity index (χ1v) is 13.2. The fourth-order valence-corrected chi connectivity index (χ4v) is 5.53. The average Bonchev–Trinajstić information content (AvgIpc) is 3.04. The van der Waals surface area contributed by atoms with Gasteiger partial charge in [0.05, 0.1) is 19.0 Å². The zero-order chi connectivity index (χ0) is 26.5. The summed E-state index contributed by atoms with van der Waals surface area (Å²) in [4.78, 5) is 42.9. The van der Waals surface area contributed by atoms with Gasteiger partial charge in [0.2, 0.25) is 22.3 Å². The maximum absolute atomic E-state index is 13.1. The second kappa shape index (κ2) is 11.4. The van der Waals surface area contributed by atoms with Crippen molar-refractivity contribution in [2.45, 2.75) is 38.7 Å². The lowest BCUT2D eigenvalue weighted by molar-refractivity contribution is -0.123. The first-order valence-electron chi connectivity index (χ1n) is 11.5. The number of sulfonamides is 1. The molecule has 0 aliphatic carbocycles. The summed E-state index contributed by atoms with van der Waals surface area (Å²) in [6.07, 6.45) is -0.216. The predicted molar refractivity (Wildman–Crippen MR) is 137 cm³/mol. The fraction of sp³-hybridized carbons (Fsp3) is 0.375. The second-order valence-electron chi connectivity index (χ2n) is 8.58. The van der Waals surface area contributed by atoms with Crippen molar-refractivity contribution in [3.05, 3.63) is 75.8 Å². The average molecular weight is 517 g/mol. The number of carbonyl (C=O) groups is 2. The zero-order valence-electron chi connectivity index (χ0n) is 20.6. The lowest BCUT2D eigenvalue weighted by Crippen LogP contribution is -2.43. The van der Waals surface area contributed by atoms with Gasteiger partial charge in [-0.05, 0) is 32.4 Å². The number of likely N-dealkylation sites (N-methyl/N-ethyl adjacent to an activating group) is 1. The smallest absolute Gasteiger partial charge is 0.272 e. The highest BCUT2D eigenvalue weighted by Gasteiger charge is 2.43. The van der Waals surface area contributed by atoms with E-state index in [4.69, 9.17) is 0 Å². The summed E-state index contributed by atoms with van der Waals surface area (Å²) >= 11 is 0. The van der Waals surface area contributed by atoms with Gasteiger partial charge >= 0.3 is 0 Å². The van der Waals surface area contributed by atoms with Crippen molar-refractivity contribution in [1.29, 1.82) is 0 Å². The van der Waals surface area contributed by atoms with E-state index < -0.39 is 21.7 Å². The maximum Gasteiger partial charge on any atom is 0.272 e. The molecule has 2 atom stereocenters. The van der Waals surface area contributed by atoms with Gasteiger partial charge in [0.25, 0.3) is 5.56 Å². The number of hydrogen-bond donors (Lipinski definition) is 4. The molecule has 2 unspecified atom stereocenters. The minimum atomic E-state index is -3.97. The van der Waals surface area contributed by atoms with Gasteiger partial charge in [-0.2, -0.15) is 0 Å². The van der Waals surface area contributed by atoms with Crippen molar-refractivity contribution in [2.24, 2.45) is 0 Å². The molecule has 11 nitrogen and oxygen atoms in total. The molecule has 3 rings (SSSR count). The summed E-state index contributed by atoms with van der Waals surface area (Å²) in [7, 11) is -3.97. The molecule has 194 valence electrons. The van der Waals surface area contributed by atoms with Crippen LogP contribution in [0.4, 0.5) is 5.69 Å². The van der Waals surface area contributed by atoms with E-state index >= 15 is 0 Å². The third-order valence-electron chi connectivity index (χ3n) is 5.94. The molecule has 0 saturated carbocycles. The Bertz CT molecular complexity index is 1280. The van der Waals surface area contributed by atoms with Crippen molar-refractivity contribution >= 4 is 28.0 Å². The number of nitrogens with one attached hydrogen (secondary N) is 4. The Morgan fingerprint density at radius 1 is 1.25 bits per heavy atom. The van der Waals surface area contributed by atoms with Crippen molar-refractivity contribution < 1.29 is 18.0 Å². The van der Waals surface area contributed by atoms with Crippen LogP contribution in [0.25, 0.3) is 0 Å². The van der Waals surface area contributed by atoms with Gasteiger partial charge in [0.15, 0.2) is 0 Å². The molecule has 0 spiro atoms. The molecule has 4 N–H and O–H groups in total. The van der Waals surface area contributed by atoms with Crippen molar-refractivity contribution in [2.75, 3.05) is 24.5 Å². The lowest BCUT2D eigenvalue weighted by atomic mass is 10.1. The SMILES string of the molecule is C=C1C(C)N(CC(=O)NCC)C(c2cc(C)[nH]c(=O)c2NS(=O)(=O)Cc2ccccc2)N1CNC=O. The molecule has 1 aliphatic heterocycles. The third-order valence-corrected chi connectivity index (χ3v) is 7.17. The van der Waals surface area contributed by atoms with Crippen LogP contribution in [0.2, 0.25) is 0 Å². The number of H-pyrrole nitrogens is 1. The van der Waals surface area contributed by atoms with Crippen LogP contribution < -0.4 is 20.9 Å². The summed E-state index contributed by atoms with van der Waals surface area (Å²) in [5.41, 5.74) is 1.25. The van der Waals surface area contributed by atoms with E-state index in [0.29, 0.717) is 35.5 Å². The number of aryl methyl sites for hydroxylation is 1. The van der Waals surface area contributed by atoms with Crippen LogP contribution in [-0.2, 0) is 25.4 Å². The second-order valence-corrected chi connectivity index (χ2v) is 10.3. The molecule has 0 radical (unpaired) electrons. The summed E-state index contributed by atoms with van der Waals surface area (Å²) in [5, 5.41) is 5.36. The molecule has 1 aromatic heterocycles. The number of pyridine rings is 1. The monoisotopic (exact) mass is 516 g/mol. The Morgan fingerprint density at radius 3 is 2.58 bits per heavy atom. The highest BCUT2D eigenvalue weighted by Crippen LogP contribution is 2.40. The summed E-state index contributed by atoms with van der Waals surface area (Å²) in [5.74, 6) is -0.562. The normalized spacial score (nSPS) is 18.2. The topological polar surface area (TPSA) is 144 Å². The summed E-state index contributed by atoms with van der Waals surface area (Å²) in [6, 6.07) is 9.95. The maximum atomic E-state index is 13.1. The van der Waals surface area contributed by atoms with Gasteiger partial charge in [-0.25, -0.2) is 8.42 Å². The van der Waals surface area contributed by atoms with E-state index in [1.54, 1.807) is 48.2 Å². The van der Waals surface area contributed by atoms with E-state index in [2.05, 4.69) is 26.9 Å². The number of aromatic amines is 1. The molecule has 12 heteroatoms. The van der Waals surface area contributed by atoms with Gasteiger partial charge in [-0.3, -0.25) is 24.0 Å². The number of hydrogen-bond acceptors (Lipinski definition) is 7. The lowest BCUT2D eigenvalue weighted by Gasteiger charge is -2.33. The highest BCUT2D eigenvalue weighted by molar-refractivity contribution is 7.91. The van der Waals surface area contributed by atoms with Crippen LogP contribution in [-0.4, -0.2) is 61.3 Å². The molecule has 1 fully saturated rings. The van der Waals surface area contributed by atoms with Crippen molar-refractivity contribution in [3.63, 3.8) is 0 Å². The number of amides is 2. The minimum absolute atomic E-state index is 0.0294. The van der Waals surface area contributed by atoms with Gasteiger partial charge in [-0.1, -0.05) is 36.9 Å². The zero-order valence-corrected chi connectivity index (χ0v) is 21.4. The van der Waals surface area contributed by atoms with Gasteiger partial charge in [0, 0.05) is 29.5 Å². The minimum Gasteiger partial charge on any atom is -0.355 e. The van der Waals surface area contributed by atoms with E-state index in [9.17, 15) is 22.8 Å². The number of anilines is 1. The molecular formula is C24H32N6O5S. The molecule has 1 saturated heterocycles. The molecular weight excluding hydrogens is 484 g/mol.